The van der Waals surface area contributed by atoms with Crippen molar-refractivity contribution in [2.75, 3.05) is 0 Å². The van der Waals surface area contributed by atoms with Crippen LogP contribution in [-0.4, -0.2) is 20.1 Å². The Morgan fingerprint density at radius 3 is 2.71 bits per heavy atom. The van der Waals surface area contributed by atoms with E-state index in [9.17, 15) is 4.79 Å². The average Bonchev–Trinajstić information content (AvgIpc) is 2.93. The van der Waals surface area contributed by atoms with Crippen LogP contribution in [0, 0.1) is 5.92 Å². The van der Waals surface area contributed by atoms with Gasteiger partial charge in [0.15, 0.2) is 5.78 Å². The number of nitrogens with zero attached hydrogens (tertiary/aromatic N) is 3. The SMILES string of the molecule is O=C(c1ccn(Cc2ccn(C3CCCC3)n2)c1)C1CC1. The molecule has 4 heteroatoms. The molecule has 0 radical (unpaired) electrons. The van der Waals surface area contributed by atoms with Crippen molar-refractivity contribution in [1.82, 2.24) is 14.3 Å². The molecule has 0 atom stereocenters. The van der Waals surface area contributed by atoms with E-state index < -0.39 is 0 Å². The standard InChI is InChI=1S/C17H21N3O/c21-17(13-5-6-13)14-7-9-19(11-14)12-15-8-10-20(18-15)16-3-1-2-4-16/h7-11,13,16H,1-6,12H2. The van der Waals surface area contributed by atoms with Crippen LogP contribution in [0.4, 0.5) is 0 Å². The van der Waals surface area contributed by atoms with Gasteiger partial charge in [-0.1, -0.05) is 12.8 Å². The summed E-state index contributed by atoms with van der Waals surface area (Å²) in [5, 5.41) is 4.70. The number of hydrogen-bond acceptors (Lipinski definition) is 2. The van der Waals surface area contributed by atoms with Gasteiger partial charge in [-0.3, -0.25) is 9.48 Å². The van der Waals surface area contributed by atoms with E-state index >= 15 is 0 Å². The van der Waals surface area contributed by atoms with E-state index in [2.05, 4.69) is 21.5 Å². The molecule has 2 aromatic heterocycles. The van der Waals surface area contributed by atoms with Gasteiger partial charge in [0.05, 0.1) is 18.3 Å². The van der Waals surface area contributed by atoms with E-state index in [0.29, 0.717) is 17.7 Å². The van der Waals surface area contributed by atoms with Gasteiger partial charge in [0.2, 0.25) is 0 Å². The highest BCUT2D eigenvalue weighted by Crippen LogP contribution is 2.32. The number of carbonyl (C=O) groups is 1. The highest BCUT2D eigenvalue weighted by molar-refractivity contribution is 5.99. The van der Waals surface area contributed by atoms with Crippen molar-refractivity contribution in [2.45, 2.75) is 51.1 Å². The fourth-order valence-electron chi connectivity index (χ4n) is 3.29. The lowest BCUT2D eigenvalue weighted by Crippen LogP contribution is -2.06. The zero-order valence-electron chi connectivity index (χ0n) is 12.2. The molecule has 4 nitrogen and oxygen atoms in total. The van der Waals surface area contributed by atoms with E-state index in [4.69, 9.17) is 5.10 Å². The fraction of sp³-hybridized carbons (Fsp3) is 0.529. The predicted octanol–water partition coefficient (Wildman–Crippen LogP) is 3.44. The van der Waals surface area contributed by atoms with E-state index in [1.807, 2.05) is 18.5 Å². The minimum Gasteiger partial charge on any atom is -0.348 e. The van der Waals surface area contributed by atoms with Gasteiger partial charge < -0.3 is 4.57 Å². The maximum absolute atomic E-state index is 12.0. The van der Waals surface area contributed by atoms with Gasteiger partial charge in [0.1, 0.15) is 0 Å². The summed E-state index contributed by atoms with van der Waals surface area (Å²) in [6, 6.07) is 4.63. The average molecular weight is 283 g/mol. The van der Waals surface area contributed by atoms with Crippen LogP contribution in [-0.2, 0) is 6.54 Å². The molecule has 2 heterocycles. The first-order valence-electron chi connectivity index (χ1n) is 8.03. The van der Waals surface area contributed by atoms with Gasteiger partial charge in [-0.25, -0.2) is 0 Å². The molecule has 0 amide bonds. The lowest BCUT2D eigenvalue weighted by Gasteiger charge is -2.08. The molecule has 0 aromatic carbocycles. The molecule has 110 valence electrons. The Hall–Kier alpha value is -1.84. The van der Waals surface area contributed by atoms with Gasteiger partial charge >= 0.3 is 0 Å². The summed E-state index contributed by atoms with van der Waals surface area (Å²) < 4.78 is 4.19. The third-order valence-corrected chi connectivity index (χ3v) is 4.69. The second kappa shape index (κ2) is 5.17. The van der Waals surface area contributed by atoms with Crippen LogP contribution >= 0.6 is 0 Å². The van der Waals surface area contributed by atoms with Crippen molar-refractivity contribution in [2.24, 2.45) is 5.92 Å². The number of carbonyl (C=O) groups excluding carboxylic acids is 1. The Balaban J connectivity index is 1.44. The molecule has 4 rings (SSSR count). The number of Topliss-reactive ketones (excluding diaryl/α,β-unsaturated/α-hetero) is 1. The molecule has 2 aliphatic rings. The smallest absolute Gasteiger partial charge is 0.167 e. The van der Waals surface area contributed by atoms with E-state index in [-0.39, 0.29) is 0 Å². The number of aromatic nitrogens is 3. The van der Waals surface area contributed by atoms with Crippen molar-refractivity contribution < 1.29 is 4.79 Å². The first-order valence-corrected chi connectivity index (χ1v) is 8.03. The van der Waals surface area contributed by atoms with Crippen molar-refractivity contribution in [3.8, 4) is 0 Å². The molecule has 0 bridgehead atoms. The van der Waals surface area contributed by atoms with Crippen molar-refractivity contribution >= 4 is 5.78 Å². The summed E-state index contributed by atoms with van der Waals surface area (Å²) >= 11 is 0. The first kappa shape index (κ1) is 12.9. The van der Waals surface area contributed by atoms with Gasteiger partial charge in [-0.15, -0.1) is 0 Å². The van der Waals surface area contributed by atoms with Crippen LogP contribution in [0.25, 0.3) is 0 Å². The molecule has 0 unspecified atom stereocenters. The van der Waals surface area contributed by atoms with Crippen LogP contribution < -0.4 is 0 Å². The Labute approximate surface area is 124 Å². The minimum atomic E-state index is 0.294. The Morgan fingerprint density at radius 2 is 1.95 bits per heavy atom. The fourth-order valence-corrected chi connectivity index (χ4v) is 3.29. The van der Waals surface area contributed by atoms with Crippen LogP contribution in [0.2, 0.25) is 0 Å². The van der Waals surface area contributed by atoms with Crippen molar-refractivity contribution in [1.29, 1.82) is 0 Å². The van der Waals surface area contributed by atoms with E-state index in [1.165, 1.54) is 25.7 Å². The van der Waals surface area contributed by atoms with Crippen LogP contribution in [0.5, 0.6) is 0 Å². The first-order chi connectivity index (χ1) is 10.3. The Morgan fingerprint density at radius 1 is 1.14 bits per heavy atom. The van der Waals surface area contributed by atoms with Crippen LogP contribution in [0.3, 0.4) is 0 Å². The van der Waals surface area contributed by atoms with Gasteiger partial charge in [0, 0.05) is 30.1 Å². The molecule has 0 N–H and O–H groups in total. The van der Waals surface area contributed by atoms with Gasteiger partial charge in [0.25, 0.3) is 0 Å². The molecule has 2 aliphatic carbocycles. The molecule has 2 saturated carbocycles. The molecular formula is C17H21N3O. The molecule has 2 aromatic rings. The third kappa shape index (κ3) is 2.67. The Kier molecular flexibility index (Phi) is 3.17. The van der Waals surface area contributed by atoms with Crippen LogP contribution in [0.1, 0.15) is 60.6 Å². The van der Waals surface area contributed by atoms with Crippen molar-refractivity contribution in [3.63, 3.8) is 0 Å². The third-order valence-electron chi connectivity index (χ3n) is 4.69. The highest BCUT2D eigenvalue weighted by Gasteiger charge is 2.30. The Bertz CT molecular complexity index is 645. The lowest BCUT2D eigenvalue weighted by atomic mass is 10.1. The summed E-state index contributed by atoms with van der Waals surface area (Å²) in [4.78, 5) is 12.0. The quantitative estimate of drug-likeness (QED) is 0.789. The molecular weight excluding hydrogens is 262 g/mol. The summed E-state index contributed by atoms with van der Waals surface area (Å²) in [6.07, 6.45) is 13.3. The van der Waals surface area contributed by atoms with Crippen LogP contribution in [0.15, 0.2) is 30.7 Å². The lowest BCUT2D eigenvalue weighted by molar-refractivity contribution is 0.0967. The number of rotatable bonds is 5. The monoisotopic (exact) mass is 283 g/mol. The normalized spacial score (nSPS) is 19.2. The molecule has 21 heavy (non-hydrogen) atoms. The minimum absolute atomic E-state index is 0.294. The topological polar surface area (TPSA) is 39.8 Å². The predicted molar refractivity (Wildman–Crippen MR) is 80.3 cm³/mol. The van der Waals surface area contributed by atoms with E-state index in [1.54, 1.807) is 0 Å². The maximum Gasteiger partial charge on any atom is 0.167 e. The number of ketones is 1. The van der Waals surface area contributed by atoms with Gasteiger partial charge in [-0.2, -0.15) is 5.10 Å². The van der Waals surface area contributed by atoms with E-state index in [0.717, 1.165) is 30.6 Å². The summed E-state index contributed by atoms with van der Waals surface area (Å²) in [7, 11) is 0. The summed E-state index contributed by atoms with van der Waals surface area (Å²) in [6.45, 7) is 0.748. The second-order valence-corrected chi connectivity index (χ2v) is 6.44. The maximum atomic E-state index is 12.0. The molecule has 2 fully saturated rings. The van der Waals surface area contributed by atoms with Crippen molar-refractivity contribution in [3.05, 3.63) is 42.0 Å². The summed E-state index contributed by atoms with van der Waals surface area (Å²) in [5.74, 6) is 0.604. The summed E-state index contributed by atoms with van der Waals surface area (Å²) in [5.41, 5.74) is 1.93. The number of hydrogen-bond donors (Lipinski definition) is 0. The molecule has 0 aliphatic heterocycles. The second-order valence-electron chi connectivity index (χ2n) is 6.44. The zero-order chi connectivity index (χ0) is 14.2. The molecule has 0 spiro atoms. The highest BCUT2D eigenvalue weighted by atomic mass is 16.1. The largest absolute Gasteiger partial charge is 0.348 e. The van der Waals surface area contributed by atoms with Gasteiger partial charge in [-0.05, 0) is 37.8 Å². The molecule has 0 saturated heterocycles. The zero-order valence-corrected chi connectivity index (χ0v) is 12.2.